The Morgan fingerprint density at radius 3 is 1.68 bits per heavy atom. The van der Waals surface area contributed by atoms with Crippen LogP contribution in [0, 0.1) is 5.92 Å². The summed E-state index contributed by atoms with van der Waals surface area (Å²) in [4.78, 5) is 0. The maximum absolute atomic E-state index is 10.1. The van der Waals surface area contributed by atoms with Crippen molar-refractivity contribution < 1.29 is 15.3 Å². The number of hydrogen-bond donors (Lipinski definition) is 4. The molecule has 1 aliphatic rings. The first kappa shape index (κ1) is 22.9. The van der Waals surface area contributed by atoms with Gasteiger partial charge in [0.15, 0.2) is 0 Å². The summed E-state index contributed by atoms with van der Waals surface area (Å²) in [5.41, 5.74) is 5.26. The molecule has 0 aromatic carbocycles. The van der Waals surface area contributed by atoms with Crippen molar-refractivity contribution in [1.29, 1.82) is 0 Å². The monoisotopic (exact) mass is 357 g/mol. The van der Waals surface area contributed by atoms with Gasteiger partial charge in [0.25, 0.3) is 0 Å². The molecule has 4 atom stereocenters. The van der Waals surface area contributed by atoms with Crippen LogP contribution in [-0.2, 0) is 0 Å². The van der Waals surface area contributed by atoms with Crippen molar-refractivity contribution in [2.45, 2.75) is 121 Å². The topological polar surface area (TPSA) is 86.7 Å². The van der Waals surface area contributed by atoms with Gasteiger partial charge in [0.05, 0.1) is 12.2 Å². The molecule has 0 heterocycles. The van der Waals surface area contributed by atoms with Gasteiger partial charge in [-0.1, -0.05) is 90.4 Å². The molecule has 5 N–H and O–H groups in total. The van der Waals surface area contributed by atoms with Crippen LogP contribution in [0.4, 0.5) is 0 Å². The summed E-state index contributed by atoms with van der Waals surface area (Å²) in [6.45, 7) is 2.26. The maximum atomic E-state index is 10.1. The van der Waals surface area contributed by atoms with E-state index in [-0.39, 0.29) is 12.5 Å². The molecule has 0 aromatic heterocycles. The van der Waals surface area contributed by atoms with Crippen molar-refractivity contribution in [2.24, 2.45) is 11.7 Å². The average Bonchev–Trinajstić information content (AvgIpc) is 3.30. The van der Waals surface area contributed by atoms with E-state index in [1.54, 1.807) is 0 Å². The second-order valence-corrected chi connectivity index (χ2v) is 8.24. The number of nitrogens with two attached hydrogens (primary N) is 1. The molecule has 0 aliphatic heterocycles. The smallest absolute Gasteiger partial charge is 0.0981 e. The van der Waals surface area contributed by atoms with E-state index in [9.17, 15) is 10.2 Å². The molecule has 0 amide bonds. The largest absolute Gasteiger partial charge is 0.396 e. The predicted molar refractivity (Wildman–Crippen MR) is 104 cm³/mol. The van der Waals surface area contributed by atoms with Crippen LogP contribution in [0.5, 0.6) is 0 Å². The number of hydrogen-bond acceptors (Lipinski definition) is 4. The summed E-state index contributed by atoms with van der Waals surface area (Å²) in [7, 11) is 0. The lowest BCUT2D eigenvalue weighted by atomic mass is 9.97. The Morgan fingerprint density at radius 2 is 1.28 bits per heavy atom. The van der Waals surface area contributed by atoms with E-state index >= 15 is 0 Å². The van der Waals surface area contributed by atoms with Gasteiger partial charge >= 0.3 is 0 Å². The molecule has 0 spiro atoms. The summed E-state index contributed by atoms with van der Waals surface area (Å²) in [6, 6.07) is 0. The Bertz CT molecular complexity index is 326. The fourth-order valence-electron chi connectivity index (χ4n) is 3.85. The van der Waals surface area contributed by atoms with E-state index < -0.39 is 17.7 Å². The Hall–Kier alpha value is -0.160. The van der Waals surface area contributed by atoms with Gasteiger partial charge in [-0.2, -0.15) is 0 Å². The molecule has 4 nitrogen and oxygen atoms in total. The molecule has 1 fully saturated rings. The Labute approximate surface area is 155 Å². The highest BCUT2D eigenvalue weighted by Crippen LogP contribution is 2.44. The van der Waals surface area contributed by atoms with E-state index in [4.69, 9.17) is 10.8 Å². The summed E-state index contributed by atoms with van der Waals surface area (Å²) in [6.07, 6.45) is 16.5. The number of aliphatic hydroxyl groups is 3. The van der Waals surface area contributed by atoms with Gasteiger partial charge in [-0.25, -0.2) is 0 Å². The van der Waals surface area contributed by atoms with E-state index in [1.807, 2.05) is 0 Å². The minimum Gasteiger partial charge on any atom is -0.396 e. The first-order valence-corrected chi connectivity index (χ1v) is 10.8. The molecular formula is C21H43NO3. The van der Waals surface area contributed by atoms with Crippen LogP contribution < -0.4 is 5.73 Å². The van der Waals surface area contributed by atoms with Gasteiger partial charge in [0.1, 0.15) is 0 Å². The Kier molecular flexibility index (Phi) is 12.0. The second kappa shape index (κ2) is 13.1. The fourth-order valence-corrected chi connectivity index (χ4v) is 3.85. The highest BCUT2D eigenvalue weighted by atomic mass is 16.3. The molecule has 0 unspecified atom stereocenters. The number of unbranched alkanes of at least 4 members (excludes halogenated alkanes) is 12. The number of rotatable bonds is 17. The van der Waals surface area contributed by atoms with Gasteiger partial charge in [-0.3, -0.25) is 0 Å². The first-order valence-electron chi connectivity index (χ1n) is 10.8. The van der Waals surface area contributed by atoms with Crippen LogP contribution in [0.3, 0.4) is 0 Å². The normalized spacial score (nSPS) is 25.1. The van der Waals surface area contributed by atoms with Crippen molar-refractivity contribution in [3.63, 3.8) is 0 Å². The molecule has 0 aromatic rings. The van der Waals surface area contributed by atoms with Crippen LogP contribution in [0.1, 0.15) is 103 Å². The van der Waals surface area contributed by atoms with Gasteiger partial charge < -0.3 is 21.1 Å². The van der Waals surface area contributed by atoms with Gasteiger partial charge in [0.2, 0.25) is 0 Å². The van der Waals surface area contributed by atoms with Crippen LogP contribution in [-0.4, -0.2) is 39.7 Å². The van der Waals surface area contributed by atoms with E-state index in [0.29, 0.717) is 12.8 Å². The van der Waals surface area contributed by atoms with Crippen molar-refractivity contribution in [1.82, 2.24) is 0 Å². The standard InChI is InChI=1S/C21H43NO3/c1-2-3-4-5-6-7-8-9-10-11-12-13-14-15-19(24)20(25)21(22)16-18(21)17-23/h18-20,23-25H,2-17,22H2,1H3/t18-,19-,20-,21+/m1/s1. The van der Waals surface area contributed by atoms with Crippen LogP contribution in [0.15, 0.2) is 0 Å². The highest BCUT2D eigenvalue weighted by molar-refractivity contribution is 5.13. The van der Waals surface area contributed by atoms with Crippen molar-refractivity contribution in [2.75, 3.05) is 6.61 Å². The third-order valence-corrected chi connectivity index (χ3v) is 5.94. The van der Waals surface area contributed by atoms with Crippen LogP contribution in [0.2, 0.25) is 0 Å². The van der Waals surface area contributed by atoms with E-state index in [2.05, 4.69) is 6.92 Å². The zero-order valence-electron chi connectivity index (χ0n) is 16.5. The number of aliphatic hydroxyl groups excluding tert-OH is 3. The molecule has 0 radical (unpaired) electrons. The van der Waals surface area contributed by atoms with Crippen molar-refractivity contribution in [3.8, 4) is 0 Å². The van der Waals surface area contributed by atoms with Crippen molar-refractivity contribution >= 4 is 0 Å². The predicted octanol–water partition coefficient (Wildman–Crippen LogP) is 3.90. The minimum atomic E-state index is -0.901. The second-order valence-electron chi connectivity index (χ2n) is 8.24. The summed E-state index contributed by atoms with van der Waals surface area (Å²) in [5, 5.41) is 29.3. The van der Waals surface area contributed by atoms with Gasteiger partial charge in [-0.05, 0) is 12.8 Å². The molecule has 4 heteroatoms. The van der Waals surface area contributed by atoms with E-state index in [1.165, 1.54) is 70.6 Å². The average molecular weight is 358 g/mol. The molecule has 0 bridgehead atoms. The Balaban J connectivity index is 1.86. The van der Waals surface area contributed by atoms with Gasteiger partial charge in [0, 0.05) is 18.1 Å². The summed E-state index contributed by atoms with van der Waals surface area (Å²) >= 11 is 0. The highest BCUT2D eigenvalue weighted by Gasteiger charge is 2.57. The minimum absolute atomic E-state index is 0.000972. The summed E-state index contributed by atoms with van der Waals surface area (Å²) in [5.74, 6) is -0.0520. The molecule has 25 heavy (non-hydrogen) atoms. The zero-order valence-corrected chi connectivity index (χ0v) is 16.5. The molecule has 1 aliphatic carbocycles. The summed E-state index contributed by atoms with van der Waals surface area (Å²) < 4.78 is 0. The zero-order chi connectivity index (χ0) is 18.5. The van der Waals surface area contributed by atoms with Crippen LogP contribution in [0.25, 0.3) is 0 Å². The Morgan fingerprint density at radius 1 is 0.840 bits per heavy atom. The third kappa shape index (κ3) is 8.85. The molecule has 1 rings (SSSR count). The molecule has 1 saturated carbocycles. The van der Waals surface area contributed by atoms with Crippen LogP contribution >= 0.6 is 0 Å². The molecule has 0 saturated heterocycles. The molecular weight excluding hydrogens is 314 g/mol. The molecule has 150 valence electrons. The van der Waals surface area contributed by atoms with Crippen molar-refractivity contribution in [3.05, 3.63) is 0 Å². The third-order valence-electron chi connectivity index (χ3n) is 5.94. The first-order chi connectivity index (χ1) is 12.1. The SMILES string of the molecule is CCCCCCCCCCCCCCC[C@@H](O)[C@@H](O)[C@]1(N)C[C@@H]1CO. The lowest BCUT2D eigenvalue weighted by Gasteiger charge is -2.24. The van der Waals surface area contributed by atoms with Gasteiger partial charge in [-0.15, -0.1) is 0 Å². The lowest BCUT2D eigenvalue weighted by Crippen LogP contribution is -2.47. The van der Waals surface area contributed by atoms with E-state index in [0.717, 1.165) is 12.8 Å². The maximum Gasteiger partial charge on any atom is 0.0981 e. The lowest BCUT2D eigenvalue weighted by molar-refractivity contribution is -0.0132. The quantitative estimate of drug-likeness (QED) is 0.297. The fraction of sp³-hybridized carbons (Fsp3) is 1.00.